The molecule has 0 saturated heterocycles. The highest BCUT2D eigenvalue weighted by atomic mass is 16.4. The Hall–Kier alpha value is -3.34. The molecule has 118 valence electrons. The van der Waals surface area contributed by atoms with Crippen LogP contribution in [0.2, 0.25) is 0 Å². The average molecular weight is 319 g/mol. The molecule has 0 unspecified atom stereocenters. The van der Waals surface area contributed by atoms with Gasteiger partial charge < -0.3 is 5.11 Å². The molecule has 1 aromatic heterocycles. The lowest BCUT2D eigenvalue weighted by atomic mass is 10.1. The van der Waals surface area contributed by atoms with Crippen LogP contribution in [0, 0.1) is 0 Å². The number of aromatic nitrogens is 2. The number of carboxylic acids is 1. The zero-order valence-electron chi connectivity index (χ0n) is 12.8. The van der Waals surface area contributed by atoms with Gasteiger partial charge in [-0.15, -0.1) is 0 Å². The Morgan fingerprint density at radius 2 is 1.75 bits per heavy atom. The van der Waals surface area contributed by atoms with Crippen molar-refractivity contribution in [1.29, 1.82) is 0 Å². The molecular formula is C19H15N2O3+. The number of hydrogen-bond acceptors (Lipinski definition) is 3. The van der Waals surface area contributed by atoms with Gasteiger partial charge >= 0.3 is 5.97 Å². The summed E-state index contributed by atoms with van der Waals surface area (Å²) in [5.74, 6) is -0.989. The van der Waals surface area contributed by atoms with E-state index in [9.17, 15) is 9.59 Å². The first-order chi connectivity index (χ1) is 11.6. The van der Waals surface area contributed by atoms with E-state index >= 15 is 0 Å². The minimum atomic E-state index is -0.986. The molecule has 24 heavy (non-hydrogen) atoms. The fraction of sp³-hybridized carbons (Fsp3) is 0.0526. The Morgan fingerprint density at radius 1 is 1.00 bits per heavy atom. The number of ketones is 1. The summed E-state index contributed by atoms with van der Waals surface area (Å²) in [4.78, 5) is 27.6. The maximum absolute atomic E-state index is 12.3. The molecule has 0 fully saturated rings. The lowest BCUT2D eigenvalue weighted by Crippen LogP contribution is -2.37. The van der Waals surface area contributed by atoms with E-state index in [0.717, 1.165) is 0 Å². The summed E-state index contributed by atoms with van der Waals surface area (Å²) in [6.07, 6.45) is 5.05. The molecular weight excluding hydrogens is 304 g/mol. The van der Waals surface area contributed by atoms with Gasteiger partial charge in [-0.3, -0.25) is 4.79 Å². The van der Waals surface area contributed by atoms with Gasteiger partial charge in [0.05, 0.1) is 11.8 Å². The first kappa shape index (κ1) is 15.6. The molecule has 3 rings (SSSR count). The fourth-order valence-corrected chi connectivity index (χ4v) is 2.37. The Kier molecular flexibility index (Phi) is 4.43. The molecule has 0 aliphatic carbocycles. The third-order valence-electron chi connectivity index (χ3n) is 3.59. The molecule has 0 aliphatic heterocycles. The van der Waals surface area contributed by atoms with Crippen molar-refractivity contribution in [1.82, 2.24) is 4.98 Å². The van der Waals surface area contributed by atoms with Crippen LogP contribution in [0.1, 0.15) is 20.7 Å². The monoisotopic (exact) mass is 319 g/mol. The average Bonchev–Trinajstić information content (AvgIpc) is 2.63. The SMILES string of the molecule is O=C(O)c1cccc(-c2c[n+](CC(=O)c3ccccc3)ccn2)c1. The fourth-order valence-electron chi connectivity index (χ4n) is 2.37. The second-order valence-electron chi connectivity index (χ2n) is 5.29. The topological polar surface area (TPSA) is 71.1 Å². The van der Waals surface area contributed by atoms with Crippen molar-refractivity contribution >= 4 is 11.8 Å². The van der Waals surface area contributed by atoms with Crippen LogP contribution < -0.4 is 4.57 Å². The van der Waals surface area contributed by atoms with E-state index in [2.05, 4.69) is 4.98 Å². The maximum atomic E-state index is 12.3. The van der Waals surface area contributed by atoms with E-state index in [1.807, 2.05) is 18.2 Å². The molecule has 5 heteroatoms. The first-order valence-corrected chi connectivity index (χ1v) is 7.40. The van der Waals surface area contributed by atoms with Gasteiger partial charge in [0.25, 0.3) is 0 Å². The van der Waals surface area contributed by atoms with E-state index < -0.39 is 5.97 Å². The van der Waals surface area contributed by atoms with Crippen LogP contribution in [-0.2, 0) is 6.54 Å². The zero-order chi connectivity index (χ0) is 16.9. The maximum Gasteiger partial charge on any atom is 0.335 e. The van der Waals surface area contributed by atoms with Crippen molar-refractivity contribution < 1.29 is 19.3 Å². The largest absolute Gasteiger partial charge is 0.478 e. The molecule has 1 heterocycles. The Bertz CT molecular complexity index is 892. The van der Waals surface area contributed by atoms with Crippen molar-refractivity contribution in [2.75, 3.05) is 0 Å². The van der Waals surface area contributed by atoms with E-state index in [4.69, 9.17) is 5.11 Å². The van der Waals surface area contributed by atoms with Gasteiger partial charge in [0, 0.05) is 11.1 Å². The predicted molar refractivity (Wildman–Crippen MR) is 87.6 cm³/mol. The zero-order valence-corrected chi connectivity index (χ0v) is 12.8. The van der Waals surface area contributed by atoms with E-state index in [0.29, 0.717) is 16.8 Å². The summed E-state index contributed by atoms with van der Waals surface area (Å²) in [5, 5.41) is 9.09. The number of Topliss-reactive ketones (excluding diaryl/α,β-unsaturated/α-hetero) is 1. The standard InChI is InChI=1S/C19H14N2O3/c22-18(14-5-2-1-3-6-14)13-21-10-9-20-17(12-21)15-7-4-8-16(11-15)19(23)24/h1-12H,13H2/p+1. The van der Waals surface area contributed by atoms with Crippen molar-refractivity contribution in [3.63, 3.8) is 0 Å². The minimum Gasteiger partial charge on any atom is -0.478 e. The molecule has 0 aliphatic rings. The molecule has 0 amide bonds. The lowest BCUT2D eigenvalue weighted by Gasteiger charge is -2.02. The molecule has 1 N–H and O–H groups in total. The van der Waals surface area contributed by atoms with Crippen LogP contribution in [-0.4, -0.2) is 21.8 Å². The van der Waals surface area contributed by atoms with Crippen LogP contribution in [0.3, 0.4) is 0 Å². The molecule has 0 saturated carbocycles. The van der Waals surface area contributed by atoms with Crippen molar-refractivity contribution in [3.05, 3.63) is 84.3 Å². The van der Waals surface area contributed by atoms with Gasteiger partial charge in [-0.1, -0.05) is 42.5 Å². The Morgan fingerprint density at radius 3 is 2.50 bits per heavy atom. The van der Waals surface area contributed by atoms with Gasteiger partial charge in [-0.05, 0) is 12.1 Å². The minimum absolute atomic E-state index is 0.00274. The summed E-state index contributed by atoms with van der Waals surface area (Å²) in [7, 11) is 0. The summed E-state index contributed by atoms with van der Waals surface area (Å²) >= 11 is 0. The number of carbonyl (C=O) groups excluding carboxylic acids is 1. The molecule has 0 spiro atoms. The molecule has 0 atom stereocenters. The van der Waals surface area contributed by atoms with Crippen molar-refractivity contribution in [2.24, 2.45) is 0 Å². The van der Waals surface area contributed by atoms with Gasteiger partial charge in [0.1, 0.15) is 5.69 Å². The summed E-state index contributed by atoms with van der Waals surface area (Å²) in [6, 6.07) is 15.6. The molecule has 3 aromatic rings. The molecule has 0 radical (unpaired) electrons. The van der Waals surface area contributed by atoms with Gasteiger partial charge in [0.15, 0.2) is 12.4 Å². The number of rotatable bonds is 5. The quantitative estimate of drug-likeness (QED) is 0.580. The molecule has 2 aromatic carbocycles. The Labute approximate surface area is 138 Å². The molecule has 0 bridgehead atoms. The highest BCUT2D eigenvalue weighted by molar-refractivity contribution is 5.95. The summed E-state index contributed by atoms with van der Waals surface area (Å²) < 4.78 is 1.74. The molecule has 5 nitrogen and oxygen atoms in total. The van der Waals surface area contributed by atoms with E-state index in [1.54, 1.807) is 53.5 Å². The Balaban J connectivity index is 1.86. The number of carbonyl (C=O) groups is 2. The number of nitrogens with zero attached hydrogens (tertiary/aromatic N) is 2. The smallest absolute Gasteiger partial charge is 0.335 e. The number of aromatic carboxylic acids is 1. The van der Waals surface area contributed by atoms with Crippen LogP contribution in [0.5, 0.6) is 0 Å². The number of carboxylic acid groups (broad SMARTS) is 1. The second kappa shape index (κ2) is 6.83. The van der Waals surface area contributed by atoms with Crippen LogP contribution in [0.15, 0.2) is 73.2 Å². The second-order valence-corrected chi connectivity index (χ2v) is 5.29. The summed E-state index contributed by atoms with van der Waals surface area (Å²) in [5.41, 5.74) is 2.15. The van der Waals surface area contributed by atoms with E-state index in [-0.39, 0.29) is 17.9 Å². The van der Waals surface area contributed by atoms with E-state index in [1.165, 1.54) is 6.07 Å². The van der Waals surface area contributed by atoms with Crippen molar-refractivity contribution in [2.45, 2.75) is 6.54 Å². The third kappa shape index (κ3) is 3.52. The predicted octanol–water partition coefficient (Wildman–Crippen LogP) is 2.62. The number of benzene rings is 2. The highest BCUT2D eigenvalue weighted by Gasteiger charge is 2.14. The van der Waals surface area contributed by atoms with Gasteiger partial charge in [-0.25, -0.2) is 9.78 Å². The number of hydrogen-bond donors (Lipinski definition) is 1. The van der Waals surface area contributed by atoms with Gasteiger partial charge in [-0.2, -0.15) is 4.57 Å². The lowest BCUT2D eigenvalue weighted by molar-refractivity contribution is -0.683. The normalized spacial score (nSPS) is 10.3. The first-order valence-electron chi connectivity index (χ1n) is 7.40. The van der Waals surface area contributed by atoms with Crippen LogP contribution in [0.4, 0.5) is 0 Å². The van der Waals surface area contributed by atoms with Crippen LogP contribution in [0.25, 0.3) is 11.3 Å². The highest BCUT2D eigenvalue weighted by Crippen LogP contribution is 2.16. The summed E-state index contributed by atoms with van der Waals surface area (Å²) in [6.45, 7) is 0.193. The third-order valence-corrected chi connectivity index (χ3v) is 3.59. The van der Waals surface area contributed by atoms with Gasteiger partial charge in [0.2, 0.25) is 12.3 Å². The van der Waals surface area contributed by atoms with Crippen molar-refractivity contribution in [3.8, 4) is 11.3 Å². The van der Waals surface area contributed by atoms with Crippen LogP contribution >= 0.6 is 0 Å².